The SMILES string of the molecule is CN=C(NCC1(C)COC1)N1CCC2(CCCC2)C1. The molecule has 1 saturated carbocycles. The van der Waals surface area contributed by atoms with Gasteiger partial charge in [0.2, 0.25) is 0 Å². The number of aliphatic imine (C=N–C) groups is 1. The molecule has 4 heteroatoms. The summed E-state index contributed by atoms with van der Waals surface area (Å²) in [7, 11) is 1.90. The summed E-state index contributed by atoms with van der Waals surface area (Å²) in [6.07, 6.45) is 7.05. The van der Waals surface area contributed by atoms with Gasteiger partial charge in [-0.15, -0.1) is 0 Å². The van der Waals surface area contributed by atoms with Crippen LogP contribution in [0.25, 0.3) is 0 Å². The third-order valence-electron chi connectivity index (χ3n) is 5.19. The van der Waals surface area contributed by atoms with Crippen molar-refractivity contribution in [2.45, 2.75) is 39.0 Å². The quantitative estimate of drug-likeness (QED) is 0.612. The fourth-order valence-corrected chi connectivity index (χ4v) is 3.83. The Kier molecular flexibility index (Phi) is 3.46. The monoisotopic (exact) mass is 265 g/mol. The van der Waals surface area contributed by atoms with Gasteiger partial charge in [0.1, 0.15) is 0 Å². The molecule has 108 valence electrons. The van der Waals surface area contributed by atoms with Crippen LogP contribution >= 0.6 is 0 Å². The van der Waals surface area contributed by atoms with Crippen LogP contribution in [0.5, 0.6) is 0 Å². The van der Waals surface area contributed by atoms with Crippen molar-refractivity contribution in [3.8, 4) is 0 Å². The van der Waals surface area contributed by atoms with Crippen LogP contribution in [-0.2, 0) is 4.74 Å². The molecule has 2 aliphatic heterocycles. The Morgan fingerprint density at radius 1 is 1.26 bits per heavy atom. The average Bonchev–Trinajstić information content (AvgIpc) is 2.99. The van der Waals surface area contributed by atoms with Crippen LogP contribution in [-0.4, -0.2) is 50.8 Å². The number of guanidine groups is 1. The summed E-state index contributed by atoms with van der Waals surface area (Å²) >= 11 is 0. The molecular weight excluding hydrogens is 238 g/mol. The van der Waals surface area contributed by atoms with E-state index in [1.54, 1.807) is 0 Å². The van der Waals surface area contributed by atoms with Gasteiger partial charge < -0.3 is 15.0 Å². The van der Waals surface area contributed by atoms with Crippen LogP contribution in [0.4, 0.5) is 0 Å². The normalized spacial score (nSPS) is 28.7. The van der Waals surface area contributed by atoms with Gasteiger partial charge in [-0.3, -0.25) is 4.99 Å². The molecule has 2 saturated heterocycles. The zero-order chi connectivity index (χ0) is 13.3. The molecule has 0 radical (unpaired) electrons. The first kappa shape index (κ1) is 13.2. The lowest BCUT2D eigenvalue weighted by Gasteiger charge is -2.39. The highest BCUT2D eigenvalue weighted by molar-refractivity contribution is 5.80. The molecule has 1 spiro atoms. The summed E-state index contributed by atoms with van der Waals surface area (Å²) in [5, 5.41) is 3.56. The van der Waals surface area contributed by atoms with Crippen LogP contribution in [0.15, 0.2) is 4.99 Å². The van der Waals surface area contributed by atoms with Crippen LogP contribution in [0.1, 0.15) is 39.0 Å². The van der Waals surface area contributed by atoms with Gasteiger partial charge in [-0.05, 0) is 24.7 Å². The Morgan fingerprint density at radius 2 is 2.00 bits per heavy atom. The molecule has 2 heterocycles. The zero-order valence-electron chi connectivity index (χ0n) is 12.4. The van der Waals surface area contributed by atoms with Crippen molar-refractivity contribution in [3.63, 3.8) is 0 Å². The number of hydrogen-bond donors (Lipinski definition) is 1. The molecule has 0 aromatic heterocycles. The number of nitrogens with zero attached hydrogens (tertiary/aromatic N) is 2. The van der Waals surface area contributed by atoms with Gasteiger partial charge >= 0.3 is 0 Å². The van der Waals surface area contributed by atoms with Crippen molar-refractivity contribution in [1.82, 2.24) is 10.2 Å². The van der Waals surface area contributed by atoms with E-state index in [1.807, 2.05) is 7.05 Å². The summed E-state index contributed by atoms with van der Waals surface area (Å²) in [5.41, 5.74) is 0.918. The molecule has 3 aliphatic rings. The van der Waals surface area contributed by atoms with Gasteiger partial charge in [0.05, 0.1) is 13.2 Å². The highest BCUT2D eigenvalue weighted by Gasteiger charge is 2.41. The molecule has 0 aromatic carbocycles. The van der Waals surface area contributed by atoms with Crippen molar-refractivity contribution < 1.29 is 4.74 Å². The van der Waals surface area contributed by atoms with E-state index in [-0.39, 0.29) is 0 Å². The Bertz CT molecular complexity index is 356. The number of ether oxygens (including phenoxy) is 1. The second-order valence-corrected chi connectivity index (χ2v) is 7.08. The molecule has 0 atom stereocenters. The molecule has 4 nitrogen and oxygen atoms in total. The first-order valence-electron chi connectivity index (χ1n) is 7.68. The first-order valence-corrected chi connectivity index (χ1v) is 7.68. The van der Waals surface area contributed by atoms with Crippen LogP contribution in [0.2, 0.25) is 0 Å². The van der Waals surface area contributed by atoms with E-state index in [0.29, 0.717) is 10.8 Å². The van der Waals surface area contributed by atoms with E-state index in [2.05, 4.69) is 22.1 Å². The molecule has 3 fully saturated rings. The maximum atomic E-state index is 5.31. The van der Waals surface area contributed by atoms with E-state index >= 15 is 0 Å². The topological polar surface area (TPSA) is 36.9 Å². The minimum Gasteiger partial charge on any atom is -0.380 e. The average molecular weight is 265 g/mol. The summed E-state index contributed by atoms with van der Waals surface area (Å²) in [6, 6.07) is 0. The zero-order valence-corrected chi connectivity index (χ0v) is 12.4. The third-order valence-corrected chi connectivity index (χ3v) is 5.19. The highest BCUT2D eigenvalue weighted by Crippen LogP contribution is 2.45. The van der Waals surface area contributed by atoms with Gasteiger partial charge in [-0.25, -0.2) is 0 Å². The maximum Gasteiger partial charge on any atom is 0.193 e. The predicted octanol–water partition coefficient (Wildman–Crippen LogP) is 1.86. The standard InChI is InChI=1S/C15H27N3O/c1-14(11-19-12-14)9-17-13(16-2)18-8-7-15(10-18)5-3-4-6-15/h3-12H2,1-2H3,(H,16,17). The fraction of sp³-hybridized carbons (Fsp3) is 0.933. The van der Waals surface area contributed by atoms with E-state index in [4.69, 9.17) is 4.74 Å². The molecule has 3 rings (SSSR count). The smallest absolute Gasteiger partial charge is 0.193 e. The number of nitrogens with one attached hydrogen (secondary N) is 1. The highest BCUT2D eigenvalue weighted by atomic mass is 16.5. The summed E-state index contributed by atoms with van der Waals surface area (Å²) < 4.78 is 5.31. The molecule has 0 bridgehead atoms. The Morgan fingerprint density at radius 3 is 2.58 bits per heavy atom. The van der Waals surface area contributed by atoms with E-state index in [0.717, 1.165) is 25.7 Å². The largest absolute Gasteiger partial charge is 0.380 e. The van der Waals surface area contributed by atoms with Crippen LogP contribution in [0, 0.1) is 10.8 Å². The lowest BCUT2D eigenvalue weighted by atomic mass is 9.86. The van der Waals surface area contributed by atoms with Crippen molar-refractivity contribution in [2.24, 2.45) is 15.8 Å². The number of rotatable bonds is 2. The van der Waals surface area contributed by atoms with Crippen molar-refractivity contribution in [1.29, 1.82) is 0 Å². The van der Waals surface area contributed by atoms with E-state index in [1.165, 1.54) is 45.2 Å². The lowest BCUT2D eigenvalue weighted by Crippen LogP contribution is -2.51. The van der Waals surface area contributed by atoms with Gasteiger partial charge in [-0.1, -0.05) is 19.8 Å². The van der Waals surface area contributed by atoms with E-state index in [9.17, 15) is 0 Å². The van der Waals surface area contributed by atoms with Crippen LogP contribution in [0.3, 0.4) is 0 Å². The van der Waals surface area contributed by atoms with Gasteiger partial charge in [0.15, 0.2) is 5.96 Å². The molecule has 0 amide bonds. The maximum absolute atomic E-state index is 5.31. The minimum atomic E-state index is 0.306. The second-order valence-electron chi connectivity index (χ2n) is 7.08. The Labute approximate surface area is 116 Å². The van der Waals surface area contributed by atoms with E-state index < -0.39 is 0 Å². The molecule has 0 unspecified atom stereocenters. The summed E-state index contributed by atoms with van der Waals surface area (Å²) in [5.74, 6) is 1.09. The lowest BCUT2D eigenvalue weighted by molar-refractivity contribution is -0.0972. The molecule has 19 heavy (non-hydrogen) atoms. The van der Waals surface area contributed by atoms with Crippen molar-refractivity contribution in [2.75, 3.05) is 39.9 Å². The third kappa shape index (κ3) is 2.60. The fourth-order valence-electron chi connectivity index (χ4n) is 3.83. The summed E-state index contributed by atoms with van der Waals surface area (Å²) in [6.45, 7) is 7.39. The molecular formula is C15H27N3O. The van der Waals surface area contributed by atoms with Gasteiger partial charge in [0.25, 0.3) is 0 Å². The number of hydrogen-bond acceptors (Lipinski definition) is 2. The minimum absolute atomic E-state index is 0.306. The molecule has 1 N–H and O–H groups in total. The number of likely N-dealkylation sites (tertiary alicyclic amines) is 1. The van der Waals surface area contributed by atoms with Crippen LogP contribution < -0.4 is 5.32 Å². The first-order chi connectivity index (χ1) is 9.15. The summed E-state index contributed by atoms with van der Waals surface area (Å²) in [4.78, 5) is 6.94. The Balaban J connectivity index is 1.55. The van der Waals surface area contributed by atoms with Gasteiger partial charge in [0, 0.05) is 32.1 Å². The van der Waals surface area contributed by atoms with Crippen molar-refractivity contribution in [3.05, 3.63) is 0 Å². The second kappa shape index (κ2) is 4.97. The molecule has 1 aliphatic carbocycles. The molecule has 0 aromatic rings. The van der Waals surface area contributed by atoms with Gasteiger partial charge in [-0.2, -0.15) is 0 Å². The predicted molar refractivity (Wildman–Crippen MR) is 77.4 cm³/mol. The Hall–Kier alpha value is -0.770. The van der Waals surface area contributed by atoms with Crippen molar-refractivity contribution >= 4 is 5.96 Å².